The Hall–Kier alpha value is -1.10. The highest BCUT2D eigenvalue weighted by molar-refractivity contribution is 5.86. The number of carbonyl (C=O) groups excluding carboxylic acids is 1. The predicted octanol–water partition coefficient (Wildman–Crippen LogP) is 2.45. The maximum atomic E-state index is 11.4. The highest BCUT2D eigenvalue weighted by Gasteiger charge is 2.21. The van der Waals surface area contributed by atoms with E-state index in [2.05, 4.69) is 10.5 Å². The first-order chi connectivity index (χ1) is 7.76. The molecule has 1 N–H and O–H groups in total. The summed E-state index contributed by atoms with van der Waals surface area (Å²) < 4.78 is 10.7. The molecule has 0 aromatic rings. The molecule has 0 spiro atoms. The summed E-state index contributed by atoms with van der Waals surface area (Å²) in [5.74, 6) is 0. The minimum Gasteiger partial charge on any atom is -0.443 e. The molecule has 0 radical (unpaired) electrons. The van der Waals surface area contributed by atoms with Crippen LogP contribution in [-0.4, -0.2) is 29.6 Å². The van der Waals surface area contributed by atoms with Gasteiger partial charge in [0.15, 0.2) is 0 Å². The third-order valence-corrected chi connectivity index (χ3v) is 2.21. The molecule has 17 heavy (non-hydrogen) atoms. The maximum absolute atomic E-state index is 11.4. The van der Waals surface area contributed by atoms with Gasteiger partial charge in [-0.05, 0) is 34.6 Å². The normalized spacial score (nSPS) is 25.4. The van der Waals surface area contributed by atoms with E-state index in [9.17, 15) is 4.79 Å². The Morgan fingerprint density at radius 1 is 1.35 bits per heavy atom. The van der Waals surface area contributed by atoms with Crippen molar-refractivity contribution in [2.45, 2.75) is 65.3 Å². The second-order valence-corrected chi connectivity index (χ2v) is 5.46. The molecular weight excluding hydrogens is 220 g/mol. The molecule has 0 saturated carbocycles. The van der Waals surface area contributed by atoms with Crippen LogP contribution in [0.2, 0.25) is 0 Å². The lowest BCUT2D eigenvalue weighted by atomic mass is 10.0. The molecule has 0 aliphatic carbocycles. The highest BCUT2D eigenvalue weighted by atomic mass is 16.6. The van der Waals surface area contributed by atoms with Crippen LogP contribution in [0.15, 0.2) is 5.10 Å². The lowest BCUT2D eigenvalue weighted by molar-refractivity contribution is 0.00338. The minimum absolute atomic E-state index is 0.151. The van der Waals surface area contributed by atoms with Gasteiger partial charge in [-0.15, -0.1) is 0 Å². The first-order valence-corrected chi connectivity index (χ1v) is 5.96. The summed E-state index contributed by atoms with van der Waals surface area (Å²) in [4.78, 5) is 11.4. The van der Waals surface area contributed by atoms with Crippen LogP contribution in [-0.2, 0) is 9.47 Å². The number of nitrogens with zero attached hydrogens (tertiary/aromatic N) is 1. The molecule has 98 valence electrons. The Morgan fingerprint density at radius 3 is 2.35 bits per heavy atom. The van der Waals surface area contributed by atoms with Crippen LogP contribution in [0, 0.1) is 0 Å². The monoisotopic (exact) mass is 242 g/mol. The van der Waals surface area contributed by atoms with Crippen molar-refractivity contribution in [2.75, 3.05) is 0 Å². The second-order valence-electron chi connectivity index (χ2n) is 5.46. The molecule has 2 atom stereocenters. The molecule has 5 heteroatoms. The Kier molecular flexibility index (Phi) is 4.51. The third-order valence-electron chi connectivity index (χ3n) is 2.21. The molecule has 1 saturated heterocycles. The summed E-state index contributed by atoms with van der Waals surface area (Å²) in [5, 5.41) is 4.08. The van der Waals surface area contributed by atoms with Crippen molar-refractivity contribution in [3.8, 4) is 0 Å². The predicted molar refractivity (Wildman–Crippen MR) is 66.0 cm³/mol. The molecule has 0 aromatic heterocycles. The number of amides is 1. The zero-order valence-electron chi connectivity index (χ0n) is 11.2. The molecule has 5 nitrogen and oxygen atoms in total. The van der Waals surface area contributed by atoms with E-state index in [0.29, 0.717) is 0 Å². The van der Waals surface area contributed by atoms with Crippen molar-refractivity contribution in [1.82, 2.24) is 5.43 Å². The van der Waals surface area contributed by atoms with Crippen molar-refractivity contribution in [3.05, 3.63) is 0 Å². The van der Waals surface area contributed by atoms with Gasteiger partial charge in [-0.2, -0.15) is 5.10 Å². The van der Waals surface area contributed by atoms with Gasteiger partial charge in [0.05, 0.1) is 12.2 Å². The Labute approximate surface area is 103 Å². The Bertz CT molecular complexity index is 295. The molecule has 0 bridgehead atoms. The van der Waals surface area contributed by atoms with Gasteiger partial charge in [0.2, 0.25) is 0 Å². The molecule has 1 rings (SSSR count). The van der Waals surface area contributed by atoms with E-state index in [-0.39, 0.29) is 12.2 Å². The summed E-state index contributed by atoms with van der Waals surface area (Å²) in [6, 6.07) is 0. The molecular formula is C12H22N2O3. The van der Waals surface area contributed by atoms with Gasteiger partial charge in [-0.1, -0.05) is 0 Å². The quantitative estimate of drug-likeness (QED) is 0.718. The van der Waals surface area contributed by atoms with E-state index in [0.717, 1.165) is 18.6 Å². The van der Waals surface area contributed by atoms with Crippen LogP contribution in [0.4, 0.5) is 4.79 Å². The molecule has 0 aromatic carbocycles. The van der Waals surface area contributed by atoms with Crippen molar-refractivity contribution >= 4 is 11.8 Å². The van der Waals surface area contributed by atoms with Gasteiger partial charge in [0.1, 0.15) is 5.60 Å². The fourth-order valence-electron chi connectivity index (χ4n) is 1.76. The number of hydrazone groups is 1. The van der Waals surface area contributed by atoms with Gasteiger partial charge in [0, 0.05) is 18.6 Å². The maximum Gasteiger partial charge on any atom is 0.428 e. The molecule has 1 amide bonds. The number of hydrogen-bond donors (Lipinski definition) is 1. The van der Waals surface area contributed by atoms with E-state index in [1.807, 2.05) is 34.6 Å². The minimum atomic E-state index is -0.517. The highest BCUT2D eigenvalue weighted by Crippen LogP contribution is 2.16. The van der Waals surface area contributed by atoms with Crippen LogP contribution in [0.5, 0.6) is 0 Å². The number of rotatable bonds is 1. The average Bonchev–Trinajstić information content (AvgIpc) is 2.10. The van der Waals surface area contributed by atoms with E-state index in [1.54, 1.807) is 0 Å². The first kappa shape index (κ1) is 14.0. The fraction of sp³-hybridized carbons (Fsp3) is 0.833. The molecule has 1 aliphatic heterocycles. The van der Waals surface area contributed by atoms with Gasteiger partial charge in [-0.25, -0.2) is 10.2 Å². The summed E-state index contributed by atoms with van der Waals surface area (Å²) in [6.07, 6.45) is 1.29. The zero-order valence-corrected chi connectivity index (χ0v) is 11.2. The molecule has 1 heterocycles. The Morgan fingerprint density at radius 2 is 1.88 bits per heavy atom. The van der Waals surface area contributed by atoms with Crippen molar-refractivity contribution in [2.24, 2.45) is 5.10 Å². The van der Waals surface area contributed by atoms with E-state index >= 15 is 0 Å². The SMILES string of the molecule is CC1CC(=NNC(=O)OC(C)(C)C)CC(C)O1. The number of nitrogens with one attached hydrogen (secondary N) is 1. The summed E-state index contributed by atoms with van der Waals surface area (Å²) in [7, 11) is 0. The summed E-state index contributed by atoms with van der Waals surface area (Å²) >= 11 is 0. The topological polar surface area (TPSA) is 59.9 Å². The van der Waals surface area contributed by atoms with Crippen LogP contribution in [0.3, 0.4) is 0 Å². The average molecular weight is 242 g/mol. The van der Waals surface area contributed by atoms with Crippen LogP contribution in [0.1, 0.15) is 47.5 Å². The Balaban J connectivity index is 2.45. The standard InChI is InChI=1S/C12H22N2O3/c1-8-6-10(7-9(2)16-8)13-14-11(15)17-12(3,4)5/h8-9H,6-7H2,1-5H3,(H,14,15). The third kappa shape index (κ3) is 5.68. The van der Waals surface area contributed by atoms with Crippen molar-refractivity contribution in [3.63, 3.8) is 0 Å². The van der Waals surface area contributed by atoms with Crippen LogP contribution in [0.25, 0.3) is 0 Å². The van der Waals surface area contributed by atoms with E-state index in [4.69, 9.17) is 9.47 Å². The van der Waals surface area contributed by atoms with Crippen molar-refractivity contribution < 1.29 is 14.3 Å². The largest absolute Gasteiger partial charge is 0.443 e. The lowest BCUT2D eigenvalue weighted by Crippen LogP contribution is -2.33. The zero-order chi connectivity index (χ0) is 13.1. The van der Waals surface area contributed by atoms with Crippen LogP contribution >= 0.6 is 0 Å². The van der Waals surface area contributed by atoms with E-state index < -0.39 is 11.7 Å². The first-order valence-electron chi connectivity index (χ1n) is 5.96. The van der Waals surface area contributed by atoms with Crippen LogP contribution < -0.4 is 5.43 Å². The number of carbonyl (C=O) groups is 1. The van der Waals surface area contributed by atoms with Gasteiger partial charge in [-0.3, -0.25) is 0 Å². The summed E-state index contributed by atoms with van der Waals surface area (Å²) in [6.45, 7) is 9.45. The molecule has 2 unspecified atom stereocenters. The fourth-order valence-corrected chi connectivity index (χ4v) is 1.76. The van der Waals surface area contributed by atoms with Gasteiger partial charge < -0.3 is 9.47 Å². The van der Waals surface area contributed by atoms with Crippen molar-refractivity contribution in [1.29, 1.82) is 0 Å². The summed E-state index contributed by atoms with van der Waals surface area (Å²) in [5.41, 5.74) is 2.87. The number of ether oxygens (including phenoxy) is 2. The lowest BCUT2D eigenvalue weighted by Gasteiger charge is -2.26. The van der Waals surface area contributed by atoms with Gasteiger partial charge in [0.25, 0.3) is 0 Å². The van der Waals surface area contributed by atoms with E-state index in [1.165, 1.54) is 0 Å². The molecule has 1 aliphatic rings. The molecule has 1 fully saturated rings. The van der Waals surface area contributed by atoms with Gasteiger partial charge >= 0.3 is 6.09 Å². The second kappa shape index (κ2) is 5.49. The smallest absolute Gasteiger partial charge is 0.428 e. The number of hydrogen-bond acceptors (Lipinski definition) is 4.